The zero-order valence-electron chi connectivity index (χ0n) is 7.16. The van der Waals surface area contributed by atoms with Gasteiger partial charge in [0.1, 0.15) is 0 Å². The number of halogens is 2. The van der Waals surface area contributed by atoms with Crippen LogP contribution in [-0.2, 0) is 0 Å². The van der Waals surface area contributed by atoms with Crippen molar-refractivity contribution in [2.75, 3.05) is 0 Å². The Morgan fingerprint density at radius 1 is 1.43 bits per heavy atom. The van der Waals surface area contributed by atoms with Gasteiger partial charge in [0.2, 0.25) is 0 Å². The molecule has 0 atom stereocenters. The van der Waals surface area contributed by atoms with Crippen molar-refractivity contribution >= 4 is 34.7 Å². The largest absolute Gasteiger partial charge is 0.295 e. The second kappa shape index (κ2) is 4.33. The predicted molar refractivity (Wildman–Crippen MR) is 55.3 cm³/mol. The molecule has 6 heteroatoms. The van der Waals surface area contributed by atoms with Gasteiger partial charge in [-0.15, -0.1) is 0 Å². The van der Waals surface area contributed by atoms with Crippen molar-refractivity contribution in [1.29, 1.82) is 0 Å². The summed E-state index contributed by atoms with van der Waals surface area (Å²) in [4.78, 5) is 13.6. The molecule has 0 unspecified atom stereocenters. The minimum atomic E-state index is -0.152. The molecule has 0 bridgehead atoms. The molecule has 0 radical (unpaired) electrons. The number of Topliss-reactive ketones (excluding diaryl/α,β-unsaturated/α-hetero) is 1. The number of ketones is 1. The Hall–Kier alpha value is -1.22. The molecule has 72 valence electrons. The quantitative estimate of drug-likeness (QED) is 0.326. The molecule has 0 amide bonds. The van der Waals surface area contributed by atoms with Crippen LogP contribution in [0.1, 0.15) is 17.3 Å². The van der Waals surface area contributed by atoms with Crippen LogP contribution in [0.2, 0.25) is 10.0 Å². The minimum absolute atomic E-state index is 0.140. The first kappa shape index (κ1) is 10.9. The van der Waals surface area contributed by atoms with E-state index >= 15 is 0 Å². The van der Waals surface area contributed by atoms with Gasteiger partial charge >= 0.3 is 0 Å². The van der Waals surface area contributed by atoms with E-state index < -0.39 is 0 Å². The van der Waals surface area contributed by atoms with Gasteiger partial charge in [0.05, 0.1) is 15.7 Å². The lowest BCUT2D eigenvalue weighted by Gasteiger charge is -2.02. The maximum Gasteiger partial charge on any atom is 0.159 e. The SMILES string of the molecule is CC(=O)c1cc(Cl)c(N=[N+]=[N-])c(Cl)c1. The van der Waals surface area contributed by atoms with Crippen LogP contribution < -0.4 is 0 Å². The molecule has 0 aliphatic rings. The molecule has 0 N–H and O–H groups in total. The summed E-state index contributed by atoms with van der Waals surface area (Å²) in [6.07, 6.45) is 0. The Morgan fingerprint density at radius 2 is 1.93 bits per heavy atom. The number of carbonyl (C=O) groups excluding carboxylic acids is 1. The van der Waals surface area contributed by atoms with Crippen molar-refractivity contribution in [2.45, 2.75) is 6.92 Å². The number of hydrogen-bond acceptors (Lipinski definition) is 2. The van der Waals surface area contributed by atoms with Crippen LogP contribution in [0.4, 0.5) is 5.69 Å². The lowest BCUT2D eigenvalue weighted by Crippen LogP contribution is -1.91. The fourth-order valence-corrected chi connectivity index (χ4v) is 1.47. The number of nitrogens with zero attached hydrogens (tertiary/aromatic N) is 3. The Labute approximate surface area is 90.1 Å². The topological polar surface area (TPSA) is 65.8 Å². The molecule has 0 heterocycles. The van der Waals surface area contributed by atoms with Gasteiger partial charge in [-0.3, -0.25) is 4.79 Å². The first-order chi connectivity index (χ1) is 6.56. The number of rotatable bonds is 2. The molecular formula is C8H5Cl2N3O. The smallest absolute Gasteiger partial charge is 0.159 e. The average Bonchev–Trinajstić information content (AvgIpc) is 2.10. The lowest BCUT2D eigenvalue weighted by molar-refractivity contribution is 0.101. The summed E-state index contributed by atoms with van der Waals surface area (Å²) in [5, 5.41) is 3.65. The maximum atomic E-state index is 11.0. The van der Waals surface area contributed by atoms with Gasteiger partial charge in [-0.1, -0.05) is 28.3 Å². The summed E-state index contributed by atoms with van der Waals surface area (Å²) in [5.74, 6) is -0.152. The maximum absolute atomic E-state index is 11.0. The van der Waals surface area contributed by atoms with Crippen molar-refractivity contribution in [3.63, 3.8) is 0 Å². The van der Waals surface area contributed by atoms with Crippen molar-refractivity contribution < 1.29 is 4.79 Å². The van der Waals surface area contributed by atoms with Gasteiger partial charge in [0, 0.05) is 10.5 Å². The van der Waals surface area contributed by atoms with E-state index in [9.17, 15) is 4.79 Å². The standard InChI is InChI=1S/C8H5Cl2N3O/c1-4(14)5-2-6(9)8(12-13-11)7(10)3-5/h2-3H,1H3. The molecule has 0 saturated heterocycles. The highest BCUT2D eigenvalue weighted by Crippen LogP contribution is 2.34. The third kappa shape index (κ3) is 2.17. The monoisotopic (exact) mass is 229 g/mol. The van der Waals surface area contributed by atoms with Gasteiger partial charge in [0.25, 0.3) is 0 Å². The molecule has 0 saturated carbocycles. The van der Waals surface area contributed by atoms with Gasteiger partial charge in [-0.2, -0.15) is 0 Å². The van der Waals surface area contributed by atoms with E-state index in [1.807, 2.05) is 0 Å². The first-order valence-corrected chi connectivity index (χ1v) is 4.37. The fraction of sp³-hybridized carbons (Fsp3) is 0.125. The van der Waals surface area contributed by atoms with Crippen molar-refractivity contribution in [3.05, 3.63) is 38.2 Å². The summed E-state index contributed by atoms with van der Waals surface area (Å²) in [6.45, 7) is 1.40. The summed E-state index contributed by atoms with van der Waals surface area (Å²) in [6, 6.07) is 2.83. The van der Waals surface area contributed by atoms with Crippen molar-refractivity contribution in [1.82, 2.24) is 0 Å². The van der Waals surface area contributed by atoms with Gasteiger partial charge in [0.15, 0.2) is 5.78 Å². The van der Waals surface area contributed by atoms with Gasteiger partial charge in [-0.05, 0) is 24.6 Å². The highest BCUT2D eigenvalue weighted by atomic mass is 35.5. The molecule has 0 aliphatic heterocycles. The van der Waals surface area contributed by atoms with E-state index in [2.05, 4.69) is 10.0 Å². The number of azide groups is 1. The first-order valence-electron chi connectivity index (χ1n) is 3.61. The van der Waals surface area contributed by atoms with Gasteiger partial charge in [-0.25, -0.2) is 0 Å². The molecule has 1 aromatic carbocycles. The van der Waals surface area contributed by atoms with E-state index in [1.54, 1.807) is 0 Å². The Balaban J connectivity index is 3.39. The third-order valence-corrected chi connectivity index (χ3v) is 2.14. The highest BCUT2D eigenvalue weighted by Gasteiger charge is 2.08. The molecule has 1 rings (SSSR count). The van der Waals surface area contributed by atoms with Crippen LogP contribution >= 0.6 is 23.2 Å². The van der Waals surface area contributed by atoms with Crippen LogP contribution in [-0.4, -0.2) is 5.78 Å². The second-order valence-corrected chi connectivity index (χ2v) is 3.35. The molecule has 0 fully saturated rings. The molecular weight excluding hydrogens is 225 g/mol. The van der Waals surface area contributed by atoms with E-state index in [4.69, 9.17) is 28.7 Å². The predicted octanol–water partition coefficient (Wildman–Crippen LogP) is 4.14. The molecule has 1 aromatic rings. The number of hydrogen-bond donors (Lipinski definition) is 0. The van der Waals surface area contributed by atoms with E-state index in [1.165, 1.54) is 19.1 Å². The van der Waals surface area contributed by atoms with E-state index in [0.29, 0.717) is 5.56 Å². The molecule has 0 aromatic heterocycles. The van der Waals surface area contributed by atoms with Crippen molar-refractivity contribution in [2.24, 2.45) is 5.11 Å². The minimum Gasteiger partial charge on any atom is -0.295 e. The average molecular weight is 230 g/mol. The van der Waals surface area contributed by atoms with Crippen LogP contribution in [0.25, 0.3) is 10.4 Å². The molecule has 0 aliphatic carbocycles. The fourth-order valence-electron chi connectivity index (χ4n) is 0.909. The second-order valence-electron chi connectivity index (χ2n) is 2.53. The summed E-state index contributed by atoms with van der Waals surface area (Å²) in [5.41, 5.74) is 8.75. The molecule has 14 heavy (non-hydrogen) atoms. The normalized spacial score (nSPS) is 9.36. The van der Waals surface area contributed by atoms with E-state index in [0.717, 1.165) is 0 Å². The Kier molecular flexibility index (Phi) is 3.36. The molecule has 4 nitrogen and oxygen atoms in total. The van der Waals surface area contributed by atoms with Crippen molar-refractivity contribution in [3.8, 4) is 0 Å². The van der Waals surface area contributed by atoms with E-state index in [-0.39, 0.29) is 21.5 Å². The van der Waals surface area contributed by atoms with Crippen LogP contribution in [0.5, 0.6) is 0 Å². The Bertz CT molecular complexity index is 415. The van der Waals surface area contributed by atoms with Crippen LogP contribution in [0.3, 0.4) is 0 Å². The lowest BCUT2D eigenvalue weighted by atomic mass is 10.1. The Morgan fingerprint density at radius 3 is 2.29 bits per heavy atom. The van der Waals surface area contributed by atoms with Crippen LogP contribution in [0, 0.1) is 0 Å². The van der Waals surface area contributed by atoms with Gasteiger partial charge < -0.3 is 0 Å². The zero-order valence-corrected chi connectivity index (χ0v) is 8.67. The molecule has 0 spiro atoms. The highest BCUT2D eigenvalue weighted by molar-refractivity contribution is 6.39. The summed E-state index contributed by atoms with van der Waals surface area (Å²) >= 11 is 11.5. The zero-order chi connectivity index (χ0) is 10.7. The number of benzene rings is 1. The summed E-state index contributed by atoms with van der Waals surface area (Å²) < 4.78 is 0. The van der Waals surface area contributed by atoms with Crippen LogP contribution in [0.15, 0.2) is 17.2 Å². The number of carbonyl (C=O) groups is 1. The summed E-state index contributed by atoms with van der Waals surface area (Å²) in [7, 11) is 0. The third-order valence-electron chi connectivity index (χ3n) is 1.57.